The number of pyridine rings is 1. The number of carbonyl (C=O) groups is 2. The maximum atomic E-state index is 13.4. The first-order valence-electron chi connectivity index (χ1n) is 9.09. The SMILES string of the molecule is CC1(NC(=O)COc2ccc(Cl)c(F)c2)C=C(NC(=O)COc2ccc(Cl)nc2N)C1. The Morgan fingerprint density at radius 2 is 1.90 bits per heavy atom. The van der Waals surface area contributed by atoms with Crippen molar-refractivity contribution in [2.45, 2.75) is 18.9 Å². The Hall–Kier alpha value is -3.04. The fourth-order valence-corrected chi connectivity index (χ4v) is 3.17. The smallest absolute Gasteiger partial charge is 0.262 e. The van der Waals surface area contributed by atoms with Crippen LogP contribution in [-0.2, 0) is 9.59 Å². The topological polar surface area (TPSA) is 116 Å². The number of nitrogens with one attached hydrogen (secondary N) is 2. The highest BCUT2D eigenvalue weighted by atomic mass is 35.5. The molecule has 0 saturated carbocycles. The van der Waals surface area contributed by atoms with Crippen molar-refractivity contribution >= 4 is 40.8 Å². The van der Waals surface area contributed by atoms with Crippen LogP contribution in [-0.4, -0.2) is 35.6 Å². The molecule has 0 saturated heterocycles. The highest BCUT2D eigenvalue weighted by molar-refractivity contribution is 6.30. The highest BCUT2D eigenvalue weighted by Crippen LogP contribution is 2.28. The summed E-state index contributed by atoms with van der Waals surface area (Å²) in [6, 6.07) is 6.93. The molecule has 1 atom stereocenters. The number of nitrogens with zero attached hydrogens (tertiary/aromatic N) is 1. The molecule has 0 spiro atoms. The molecule has 4 N–H and O–H groups in total. The van der Waals surface area contributed by atoms with Gasteiger partial charge < -0.3 is 25.8 Å². The third-order valence-corrected chi connectivity index (χ3v) is 4.76. The summed E-state index contributed by atoms with van der Waals surface area (Å²) in [5.41, 5.74) is 5.66. The second-order valence-electron chi connectivity index (χ2n) is 7.03. The van der Waals surface area contributed by atoms with Crippen molar-refractivity contribution in [1.29, 1.82) is 0 Å². The van der Waals surface area contributed by atoms with Gasteiger partial charge in [-0.25, -0.2) is 9.37 Å². The molecule has 2 aromatic rings. The van der Waals surface area contributed by atoms with Crippen LogP contribution in [0.2, 0.25) is 10.2 Å². The second kappa shape index (κ2) is 9.40. The van der Waals surface area contributed by atoms with Crippen LogP contribution in [0.3, 0.4) is 0 Å². The summed E-state index contributed by atoms with van der Waals surface area (Å²) in [5, 5.41) is 5.66. The Labute approximate surface area is 187 Å². The molecule has 1 unspecified atom stereocenters. The molecule has 0 radical (unpaired) electrons. The fraction of sp³-hybridized carbons (Fsp3) is 0.250. The van der Waals surface area contributed by atoms with Gasteiger partial charge in [-0.3, -0.25) is 9.59 Å². The zero-order chi connectivity index (χ0) is 22.6. The lowest BCUT2D eigenvalue weighted by molar-refractivity contribution is -0.124. The first-order chi connectivity index (χ1) is 14.6. The van der Waals surface area contributed by atoms with Gasteiger partial charge in [0.2, 0.25) is 0 Å². The standard InChI is InChI=1S/C20H19Cl2FN4O4/c1-20(27-18(29)10-30-12-2-3-13(21)14(23)6-12)7-11(8-20)25-17(28)9-31-15-4-5-16(22)26-19(15)24/h2-7H,8-10H2,1H3,(H2,24,26)(H,25,28)(H,27,29). The summed E-state index contributed by atoms with van der Waals surface area (Å²) >= 11 is 11.3. The van der Waals surface area contributed by atoms with Crippen molar-refractivity contribution in [3.63, 3.8) is 0 Å². The Bertz CT molecular complexity index is 1050. The maximum absolute atomic E-state index is 13.4. The lowest BCUT2D eigenvalue weighted by Gasteiger charge is -2.37. The van der Waals surface area contributed by atoms with Gasteiger partial charge in [-0.1, -0.05) is 23.2 Å². The second-order valence-corrected chi connectivity index (χ2v) is 7.83. The number of rotatable bonds is 8. The highest BCUT2D eigenvalue weighted by Gasteiger charge is 2.34. The van der Waals surface area contributed by atoms with Gasteiger partial charge in [-0.05, 0) is 37.3 Å². The summed E-state index contributed by atoms with van der Waals surface area (Å²) in [6.45, 7) is 1.23. The third-order valence-electron chi connectivity index (χ3n) is 4.25. The van der Waals surface area contributed by atoms with Crippen LogP contribution in [0, 0.1) is 5.82 Å². The Balaban J connectivity index is 1.42. The molecule has 1 heterocycles. The predicted octanol–water partition coefficient (Wildman–Crippen LogP) is 2.85. The molecule has 0 aliphatic heterocycles. The number of aromatic nitrogens is 1. The number of amides is 2. The Morgan fingerprint density at radius 3 is 2.58 bits per heavy atom. The van der Waals surface area contributed by atoms with E-state index >= 15 is 0 Å². The van der Waals surface area contributed by atoms with Crippen LogP contribution in [0.25, 0.3) is 0 Å². The number of nitrogens with two attached hydrogens (primary N) is 1. The van der Waals surface area contributed by atoms with E-state index in [4.69, 9.17) is 38.4 Å². The van der Waals surface area contributed by atoms with Gasteiger partial charge in [0, 0.05) is 18.2 Å². The van der Waals surface area contributed by atoms with Gasteiger partial charge in [0.25, 0.3) is 11.8 Å². The Kier molecular flexibility index (Phi) is 6.87. The zero-order valence-corrected chi connectivity index (χ0v) is 17.9. The molecule has 2 amide bonds. The molecule has 0 fully saturated rings. The quantitative estimate of drug-likeness (QED) is 0.513. The van der Waals surface area contributed by atoms with Crippen molar-refractivity contribution in [3.8, 4) is 11.5 Å². The lowest BCUT2D eigenvalue weighted by Crippen LogP contribution is -2.53. The van der Waals surface area contributed by atoms with E-state index in [0.717, 1.165) is 6.07 Å². The van der Waals surface area contributed by atoms with Crippen LogP contribution in [0.15, 0.2) is 42.1 Å². The minimum atomic E-state index is -0.639. The predicted molar refractivity (Wildman–Crippen MR) is 113 cm³/mol. The van der Waals surface area contributed by atoms with Crippen LogP contribution in [0.1, 0.15) is 13.3 Å². The number of anilines is 1. The average Bonchev–Trinajstić information content (AvgIpc) is 2.67. The summed E-state index contributed by atoms with van der Waals surface area (Å²) < 4.78 is 24.0. The van der Waals surface area contributed by atoms with E-state index in [1.54, 1.807) is 13.0 Å². The first-order valence-corrected chi connectivity index (χ1v) is 9.84. The molecule has 0 bridgehead atoms. The number of hydrogen-bond acceptors (Lipinski definition) is 6. The third kappa shape index (κ3) is 6.22. The van der Waals surface area contributed by atoms with Crippen LogP contribution >= 0.6 is 23.2 Å². The van der Waals surface area contributed by atoms with Crippen molar-refractivity contribution in [2.24, 2.45) is 0 Å². The number of carbonyl (C=O) groups excluding carboxylic acids is 2. The van der Waals surface area contributed by atoms with E-state index in [0.29, 0.717) is 12.1 Å². The fourth-order valence-electron chi connectivity index (χ4n) is 2.90. The van der Waals surface area contributed by atoms with Gasteiger partial charge in [0.05, 0.1) is 10.6 Å². The molecule has 1 aromatic carbocycles. The molecule has 1 aliphatic rings. The van der Waals surface area contributed by atoms with Crippen molar-refractivity contribution < 1.29 is 23.5 Å². The summed E-state index contributed by atoms with van der Waals surface area (Å²) in [4.78, 5) is 28.0. The summed E-state index contributed by atoms with van der Waals surface area (Å²) in [7, 11) is 0. The van der Waals surface area contributed by atoms with Gasteiger partial charge in [-0.15, -0.1) is 0 Å². The number of ether oxygens (including phenoxy) is 2. The van der Waals surface area contributed by atoms with E-state index in [-0.39, 0.29) is 46.6 Å². The van der Waals surface area contributed by atoms with Crippen molar-refractivity contribution in [2.75, 3.05) is 18.9 Å². The first kappa shape index (κ1) is 22.6. The van der Waals surface area contributed by atoms with Gasteiger partial charge in [-0.2, -0.15) is 0 Å². The number of nitrogen functional groups attached to an aromatic ring is 1. The molecule has 1 aromatic heterocycles. The normalized spacial score (nSPS) is 17.2. The van der Waals surface area contributed by atoms with Gasteiger partial charge in [0.15, 0.2) is 24.8 Å². The van der Waals surface area contributed by atoms with Crippen molar-refractivity contribution in [3.05, 3.63) is 58.1 Å². The molecule has 164 valence electrons. The number of hydrogen-bond donors (Lipinski definition) is 3. The van der Waals surface area contributed by atoms with E-state index < -0.39 is 17.3 Å². The molecule has 3 rings (SSSR count). The van der Waals surface area contributed by atoms with Crippen LogP contribution in [0.4, 0.5) is 10.2 Å². The molecule has 31 heavy (non-hydrogen) atoms. The van der Waals surface area contributed by atoms with E-state index in [9.17, 15) is 14.0 Å². The van der Waals surface area contributed by atoms with Crippen LogP contribution < -0.4 is 25.8 Å². The number of benzene rings is 1. The molecule has 8 nitrogen and oxygen atoms in total. The van der Waals surface area contributed by atoms with Crippen LogP contribution in [0.5, 0.6) is 11.5 Å². The summed E-state index contributed by atoms with van der Waals surface area (Å²) in [5.74, 6) is -0.888. The van der Waals surface area contributed by atoms with Crippen molar-refractivity contribution in [1.82, 2.24) is 15.6 Å². The average molecular weight is 469 g/mol. The van der Waals surface area contributed by atoms with Gasteiger partial charge >= 0.3 is 0 Å². The Morgan fingerprint density at radius 1 is 1.19 bits per heavy atom. The molecule has 1 aliphatic carbocycles. The van der Waals surface area contributed by atoms with Gasteiger partial charge in [0.1, 0.15) is 16.7 Å². The zero-order valence-electron chi connectivity index (χ0n) is 16.4. The molecular weight excluding hydrogens is 450 g/mol. The maximum Gasteiger partial charge on any atom is 0.262 e. The largest absolute Gasteiger partial charge is 0.484 e. The van der Waals surface area contributed by atoms with E-state index in [1.807, 2.05) is 0 Å². The molecular formula is C20H19Cl2FN4O4. The lowest BCUT2D eigenvalue weighted by atomic mass is 9.84. The monoisotopic (exact) mass is 468 g/mol. The molecule has 11 heteroatoms. The van der Waals surface area contributed by atoms with E-state index in [2.05, 4.69) is 15.6 Å². The minimum absolute atomic E-state index is 0.0304. The van der Waals surface area contributed by atoms with E-state index in [1.165, 1.54) is 24.3 Å². The number of halogens is 3. The minimum Gasteiger partial charge on any atom is -0.484 e. The summed E-state index contributed by atoms with van der Waals surface area (Å²) in [6.07, 6.45) is 2.12.